The molecule has 5 nitrogen and oxygen atoms in total. The van der Waals surface area contributed by atoms with Crippen LogP contribution in [0.15, 0.2) is 12.4 Å². The summed E-state index contributed by atoms with van der Waals surface area (Å²) >= 11 is 0. The molecule has 1 rings (SSSR count). The topological polar surface area (TPSA) is 75.1 Å². The van der Waals surface area contributed by atoms with Crippen molar-refractivity contribution < 1.29 is 9.90 Å². The minimum absolute atomic E-state index is 0.0653. The van der Waals surface area contributed by atoms with Crippen LogP contribution >= 0.6 is 0 Å². The third kappa shape index (κ3) is 3.24. The van der Waals surface area contributed by atoms with Crippen molar-refractivity contribution in [2.24, 2.45) is 0 Å². The van der Waals surface area contributed by atoms with Crippen LogP contribution in [0, 0.1) is 12.3 Å². The number of carboxylic acid groups (broad SMARTS) is 1. The summed E-state index contributed by atoms with van der Waals surface area (Å²) in [5.74, 6) is 1.91. The Balaban J connectivity index is 2.68. The third-order valence-electron chi connectivity index (χ3n) is 2.09. The summed E-state index contributed by atoms with van der Waals surface area (Å²) in [6.45, 7) is 2.00. The number of carbonyl (C=O) groups is 1. The molecule has 0 aliphatic carbocycles. The van der Waals surface area contributed by atoms with Gasteiger partial charge in [0.05, 0.1) is 5.56 Å². The number of anilines is 1. The van der Waals surface area contributed by atoms with Gasteiger partial charge < -0.3 is 10.4 Å². The van der Waals surface area contributed by atoms with E-state index in [1.165, 1.54) is 12.4 Å². The Bertz CT molecular complexity index is 395. The van der Waals surface area contributed by atoms with Crippen LogP contribution in [0.4, 0.5) is 5.95 Å². The fourth-order valence-electron chi connectivity index (χ4n) is 1.14. The molecule has 0 aliphatic rings. The molecule has 0 aromatic carbocycles. The van der Waals surface area contributed by atoms with Gasteiger partial charge in [-0.25, -0.2) is 14.8 Å². The van der Waals surface area contributed by atoms with Crippen LogP contribution in [0.25, 0.3) is 0 Å². The van der Waals surface area contributed by atoms with E-state index in [9.17, 15) is 4.79 Å². The van der Waals surface area contributed by atoms with E-state index in [2.05, 4.69) is 21.2 Å². The van der Waals surface area contributed by atoms with E-state index in [4.69, 9.17) is 11.5 Å². The van der Waals surface area contributed by atoms with Crippen molar-refractivity contribution in [2.45, 2.75) is 25.8 Å². The van der Waals surface area contributed by atoms with Gasteiger partial charge in [0.2, 0.25) is 5.95 Å². The zero-order valence-corrected chi connectivity index (χ0v) is 8.97. The van der Waals surface area contributed by atoms with Crippen molar-refractivity contribution in [2.75, 3.05) is 5.32 Å². The summed E-state index contributed by atoms with van der Waals surface area (Å²) < 4.78 is 0. The molecule has 0 aliphatic heterocycles. The van der Waals surface area contributed by atoms with Gasteiger partial charge in [-0.15, -0.1) is 12.3 Å². The standard InChI is InChI=1S/C11H13N3O2/c1-3-5-9(4-2)14-11-12-6-8(7-13-11)10(15)16/h1,6-7,9H,4-5H2,2H3,(H,15,16)(H,12,13,14). The molecule has 1 aromatic rings. The minimum atomic E-state index is -1.04. The van der Waals surface area contributed by atoms with Gasteiger partial charge in [0.15, 0.2) is 0 Å². The molecule has 1 atom stereocenters. The highest BCUT2D eigenvalue weighted by Crippen LogP contribution is 2.06. The number of hydrogen-bond donors (Lipinski definition) is 2. The summed E-state index contributed by atoms with van der Waals surface area (Å²) in [6, 6.07) is 0.112. The number of aromatic nitrogens is 2. The van der Waals surface area contributed by atoms with Gasteiger partial charge in [0.1, 0.15) is 0 Å². The summed E-state index contributed by atoms with van der Waals surface area (Å²) in [5, 5.41) is 11.7. The molecule has 2 N–H and O–H groups in total. The van der Waals surface area contributed by atoms with E-state index in [1.807, 2.05) is 6.92 Å². The van der Waals surface area contributed by atoms with E-state index in [-0.39, 0.29) is 11.6 Å². The normalized spacial score (nSPS) is 11.5. The van der Waals surface area contributed by atoms with Crippen molar-refractivity contribution in [1.29, 1.82) is 0 Å². The second kappa shape index (κ2) is 5.71. The zero-order valence-electron chi connectivity index (χ0n) is 8.97. The number of rotatable bonds is 5. The highest BCUT2D eigenvalue weighted by molar-refractivity contribution is 5.86. The highest BCUT2D eigenvalue weighted by Gasteiger charge is 2.07. The first-order chi connectivity index (χ1) is 7.67. The molecule has 1 heterocycles. The molecule has 0 saturated carbocycles. The van der Waals surface area contributed by atoms with Gasteiger partial charge in [-0.1, -0.05) is 6.92 Å². The van der Waals surface area contributed by atoms with Gasteiger partial charge in [-0.05, 0) is 6.42 Å². The van der Waals surface area contributed by atoms with Crippen LogP contribution in [0.5, 0.6) is 0 Å². The van der Waals surface area contributed by atoms with Gasteiger partial charge in [0.25, 0.3) is 0 Å². The lowest BCUT2D eigenvalue weighted by molar-refractivity contribution is 0.0696. The van der Waals surface area contributed by atoms with Crippen molar-refractivity contribution >= 4 is 11.9 Å². The molecule has 0 saturated heterocycles. The molecule has 5 heteroatoms. The SMILES string of the molecule is C#CCC(CC)Nc1ncc(C(=O)O)cn1. The Morgan fingerprint density at radius 2 is 2.25 bits per heavy atom. The van der Waals surface area contributed by atoms with E-state index in [0.29, 0.717) is 12.4 Å². The van der Waals surface area contributed by atoms with Crippen LogP contribution in [0.2, 0.25) is 0 Å². The number of nitrogens with zero attached hydrogens (tertiary/aromatic N) is 2. The molecule has 1 aromatic heterocycles. The number of terminal acetylenes is 1. The Morgan fingerprint density at radius 3 is 2.69 bits per heavy atom. The lowest BCUT2D eigenvalue weighted by Crippen LogP contribution is -2.19. The van der Waals surface area contributed by atoms with Crippen LogP contribution in [-0.4, -0.2) is 27.1 Å². The number of aromatic carboxylic acids is 1. The Labute approximate surface area is 93.9 Å². The van der Waals surface area contributed by atoms with Crippen molar-refractivity contribution in [3.05, 3.63) is 18.0 Å². The largest absolute Gasteiger partial charge is 0.478 e. The van der Waals surface area contributed by atoms with E-state index < -0.39 is 5.97 Å². The lowest BCUT2D eigenvalue weighted by atomic mass is 10.2. The summed E-state index contributed by atoms with van der Waals surface area (Å²) in [6.07, 6.45) is 9.18. The second-order valence-electron chi connectivity index (χ2n) is 3.26. The molecular weight excluding hydrogens is 206 g/mol. The monoisotopic (exact) mass is 219 g/mol. The van der Waals surface area contributed by atoms with Gasteiger partial charge in [0, 0.05) is 24.9 Å². The van der Waals surface area contributed by atoms with E-state index in [0.717, 1.165) is 6.42 Å². The van der Waals surface area contributed by atoms with Crippen LogP contribution in [0.3, 0.4) is 0 Å². The maximum absolute atomic E-state index is 10.6. The van der Waals surface area contributed by atoms with Gasteiger partial charge >= 0.3 is 5.97 Å². The molecular formula is C11H13N3O2. The Kier molecular flexibility index (Phi) is 4.28. The molecule has 0 bridgehead atoms. The zero-order chi connectivity index (χ0) is 12.0. The molecule has 0 radical (unpaired) electrons. The lowest BCUT2D eigenvalue weighted by Gasteiger charge is -2.13. The summed E-state index contributed by atoms with van der Waals surface area (Å²) in [4.78, 5) is 18.4. The second-order valence-corrected chi connectivity index (χ2v) is 3.26. The first-order valence-electron chi connectivity index (χ1n) is 4.92. The van der Waals surface area contributed by atoms with Crippen molar-refractivity contribution in [1.82, 2.24) is 9.97 Å². The average molecular weight is 219 g/mol. The van der Waals surface area contributed by atoms with E-state index >= 15 is 0 Å². The van der Waals surface area contributed by atoms with Crippen LogP contribution in [0.1, 0.15) is 30.1 Å². The van der Waals surface area contributed by atoms with Crippen LogP contribution < -0.4 is 5.32 Å². The summed E-state index contributed by atoms with van der Waals surface area (Å²) in [7, 11) is 0. The molecule has 16 heavy (non-hydrogen) atoms. The maximum atomic E-state index is 10.6. The molecule has 0 amide bonds. The van der Waals surface area contributed by atoms with Gasteiger partial charge in [-0.2, -0.15) is 0 Å². The van der Waals surface area contributed by atoms with E-state index in [1.54, 1.807) is 0 Å². The quantitative estimate of drug-likeness (QED) is 0.732. The first kappa shape index (κ1) is 12.0. The fraction of sp³-hybridized carbons (Fsp3) is 0.364. The van der Waals surface area contributed by atoms with Gasteiger partial charge in [-0.3, -0.25) is 0 Å². The predicted molar refractivity (Wildman–Crippen MR) is 60.1 cm³/mol. The van der Waals surface area contributed by atoms with Crippen LogP contribution in [-0.2, 0) is 0 Å². The molecule has 1 unspecified atom stereocenters. The third-order valence-corrected chi connectivity index (χ3v) is 2.09. The van der Waals surface area contributed by atoms with Crippen molar-refractivity contribution in [3.63, 3.8) is 0 Å². The smallest absolute Gasteiger partial charge is 0.338 e. The molecule has 0 fully saturated rings. The van der Waals surface area contributed by atoms with Crippen molar-refractivity contribution in [3.8, 4) is 12.3 Å². The predicted octanol–water partition coefficient (Wildman–Crippen LogP) is 1.39. The Morgan fingerprint density at radius 1 is 1.62 bits per heavy atom. The summed E-state index contributed by atoms with van der Waals surface area (Å²) in [5.41, 5.74) is 0.0653. The number of hydrogen-bond acceptors (Lipinski definition) is 4. The first-order valence-corrected chi connectivity index (χ1v) is 4.92. The average Bonchev–Trinajstić information content (AvgIpc) is 2.29. The Hall–Kier alpha value is -2.09. The maximum Gasteiger partial charge on any atom is 0.338 e. The molecule has 84 valence electrons. The number of nitrogens with one attached hydrogen (secondary N) is 1. The fourth-order valence-corrected chi connectivity index (χ4v) is 1.14. The minimum Gasteiger partial charge on any atom is -0.478 e. The number of carboxylic acids is 1. The highest BCUT2D eigenvalue weighted by atomic mass is 16.4. The molecule has 0 spiro atoms.